The molecule has 0 radical (unpaired) electrons. The first-order valence-corrected chi connectivity index (χ1v) is 5.78. The number of carboxylic acids is 1. The van der Waals surface area contributed by atoms with E-state index in [0.29, 0.717) is 13.1 Å². The van der Waals surface area contributed by atoms with Crippen LogP contribution in [0.4, 0.5) is 4.79 Å². The predicted molar refractivity (Wildman–Crippen MR) is 64.9 cm³/mol. The number of urea groups is 1. The quantitative estimate of drug-likeness (QED) is 0.699. The van der Waals surface area contributed by atoms with Crippen molar-refractivity contribution in [3.63, 3.8) is 0 Å². The summed E-state index contributed by atoms with van der Waals surface area (Å²) in [4.78, 5) is 24.0. The summed E-state index contributed by atoms with van der Waals surface area (Å²) in [6.45, 7) is 4.36. The SMILES string of the molecule is CCN(C(=O)NCc1cn[nH]c1)C(C)CC(=O)O. The molecule has 0 bridgehead atoms. The van der Waals surface area contributed by atoms with Crippen molar-refractivity contribution < 1.29 is 14.7 Å². The second-order valence-corrected chi connectivity index (χ2v) is 4.00. The lowest BCUT2D eigenvalue weighted by Gasteiger charge is -2.27. The zero-order chi connectivity index (χ0) is 13.5. The summed E-state index contributed by atoms with van der Waals surface area (Å²) in [5, 5.41) is 17.9. The number of nitrogens with one attached hydrogen (secondary N) is 2. The molecule has 1 aromatic heterocycles. The van der Waals surface area contributed by atoms with Gasteiger partial charge in [0.2, 0.25) is 0 Å². The number of carboxylic acid groups (broad SMARTS) is 1. The number of rotatable bonds is 6. The molecule has 18 heavy (non-hydrogen) atoms. The summed E-state index contributed by atoms with van der Waals surface area (Å²) in [5.41, 5.74) is 0.866. The van der Waals surface area contributed by atoms with Gasteiger partial charge in [0.1, 0.15) is 0 Å². The van der Waals surface area contributed by atoms with Crippen LogP contribution in [0.1, 0.15) is 25.8 Å². The maximum Gasteiger partial charge on any atom is 0.317 e. The smallest absolute Gasteiger partial charge is 0.317 e. The number of H-pyrrole nitrogens is 1. The van der Waals surface area contributed by atoms with Crippen molar-refractivity contribution in [2.24, 2.45) is 0 Å². The number of nitrogens with zero attached hydrogens (tertiary/aromatic N) is 2. The van der Waals surface area contributed by atoms with Gasteiger partial charge in [-0.2, -0.15) is 5.10 Å². The van der Waals surface area contributed by atoms with E-state index in [2.05, 4.69) is 15.5 Å². The van der Waals surface area contributed by atoms with Crippen LogP contribution in [0.25, 0.3) is 0 Å². The minimum absolute atomic E-state index is 0.0625. The van der Waals surface area contributed by atoms with Gasteiger partial charge in [0, 0.05) is 30.9 Å². The number of amides is 2. The first-order chi connectivity index (χ1) is 8.54. The number of carbonyl (C=O) groups is 2. The van der Waals surface area contributed by atoms with Gasteiger partial charge in [0.15, 0.2) is 0 Å². The number of carbonyl (C=O) groups excluding carboxylic acids is 1. The molecule has 0 aliphatic rings. The van der Waals surface area contributed by atoms with Crippen molar-refractivity contribution >= 4 is 12.0 Å². The fourth-order valence-electron chi connectivity index (χ4n) is 1.67. The van der Waals surface area contributed by atoms with E-state index in [-0.39, 0.29) is 18.5 Å². The largest absolute Gasteiger partial charge is 0.481 e. The second kappa shape index (κ2) is 6.63. The minimum atomic E-state index is -0.913. The Bertz CT molecular complexity index is 391. The molecule has 0 saturated heterocycles. The molecular weight excluding hydrogens is 236 g/mol. The molecule has 3 N–H and O–H groups in total. The third-order valence-corrected chi connectivity index (χ3v) is 2.60. The summed E-state index contributed by atoms with van der Waals surface area (Å²) in [7, 11) is 0. The van der Waals surface area contributed by atoms with Gasteiger partial charge in [0.05, 0.1) is 12.6 Å². The molecule has 0 aromatic carbocycles. The van der Waals surface area contributed by atoms with Crippen LogP contribution < -0.4 is 5.32 Å². The van der Waals surface area contributed by atoms with Gasteiger partial charge in [-0.05, 0) is 13.8 Å². The number of aliphatic carboxylic acids is 1. The molecule has 1 aromatic rings. The lowest BCUT2D eigenvalue weighted by Crippen LogP contribution is -2.45. The Kier molecular flexibility index (Phi) is 5.16. The fraction of sp³-hybridized carbons (Fsp3) is 0.545. The van der Waals surface area contributed by atoms with Crippen molar-refractivity contribution in [1.29, 1.82) is 0 Å². The highest BCUT2D eigenvalue weighted by molar-refractivity contribution is 5.75. The van der Waals surface area contributed by atoms with E-state index in [1.165, 1.54) is 4.90 Å². The average molecular weight is 254 g/mol. The molecule has 7 nitrogen and oxygen atoms in total. The van der Waals surface area contributed by atoms with Gasteiger partial charge in [0.25, 0.3) is 0 Å². The van der Waals surface area contributed by atoms with E-state index in [1.807, 2.05) is 6.92 Å². The highest BCUT2D eigenvalue weighted by atomic mass is 16.4. The van der Waals surface area contributed by atoms with Crippen LogP contribution in [-0.4, -0.2) is 44.8 Å². The molecule has 0 spiro atoms. The van der Waals surface area contributed by atoms with Crippen LogP contribution in [0.3, 0.4) is 0 Å². The molecule has 1 heterocycles. The first-order valence-electron chi connectivity index (χ1n) is 5.78. The summed E-state index contributed by atoms with van der Waals surface area (Å²) < 4.78 is 0. The van der Waals surface area contributed by atoms with Gasteiger partial charge in [-0.15, -0.1) is 0 Å². The van der Waals surface area contributed by atoms with Crippen LogP contribution >= 0.6 is 0 Å². The van der Waals surface area contributed by atoms with Crippen molar-refractivity contribution in [2.45, 2.75) is 32.9 Å². The summed E-state index contributed by atoms with van der Waals surface area (Å²) in [6.07, 6.45) is 3.25. The van der Waals surface area contributed by atoms with E-state index in [9.17, 15) is 9.59 Å². The number of aromatic nitrogens is 2. The monoisotopic (exact) mass is 254 g/mol. The molecule has 0 aliphatic carbocycles. The normalized spacial score (nSPS) is 11.9. The van der Waals surface area contributed by atoms with Gasteiger partial charge >= 0.3 is 12.0 Å². The number of hydrogen-bond acceptors (Lipinski definition) is 3. The predicted octanol–water partition coefficient (Wildman–Crippen LogP) is 0.804. The van der Waals surface area contributed by atoms with Crippen LogP contribution in [-0.2, 0) is 11.3 Å². The Morgan fingerprint density at radius 3 is 2.83 bits per heavy atom. The maximum absolute atomic E-state index is 11.9. The summed E-state index contributed by atoms with van der Waals surface area (Å²) in [5.74, 6) is -0.913. The van der Waals surface area contributed by atoms with Gasteiger partial charge in [-0.1, -0.05) is 0 Å². The van der Waals surface area contributed by atoms with E-state index >= 15 is 0 Å². The molecule has 0 aliphatic heterocycles. The second-order valence-electron chi connectivity index (χ2n) is 4.00. The molecule has 1 rings (SSSR count). The lowest BCUT2D eigenvalue weighted by atomic mass is 10.2. The van der Waals surface area contributed by atoms with E-state index in [4.69, 9.17) is 5.11 Å². The molecule has 1 unspecified atom stereocenters. The van der Waals surface area contributed by atoms with Crippen LogP contribution in [0, 0.1) is 0 Å². The third kappa shape index (κ3) is 4.08. The molecule has 0 saturated carbocycles. The van der Waals surface area contributed by atoms with Crippen molar-refractivity contribution in [2.75, 3.05) is 6.54 Å². The van der Waals surface area contributed by atoms with Gasteiger partial charge in [-0.3, -0.25) is 9.89 Å². The van der Waals surface area contributed by atoms with E-state index < -0.39 is 5.97 Å². The molecule has 7 heteroatoms. The molecular formula is C11H18N4O3. The highest BCUT2D eigenvalue weighted by Crippen LogP contribution is 2.04. The maximum atomic E-state index is 11.9. The lowest BCUT2D eigenvalue weighted by molar-refractivity contribution is -0.138. The number of hydrogen-bond donors (Lipinski definition) is 3. The Morgan fingerprint density at radius 2 is 2.33 bits per heavy atom. The van der Waals surface area contributed by atoms with E-state index in [1.54, 1.807) is 19.3 Å². The topological polar surface area (TPSA) is 98.3 Å². The Balaban J connectivity index is 2.48. The zero-order valence-electron chi connectivity index (χ0n) is 10.5. The molecule has 2 amide bonds. The van der Waals surface area contributed by atoms with Crippen molar-refractivity contribution in [1.82, 2.24) is 20.4 Å². The van der Waals surface area contributed by atoms with Crippen LogP contribution in [0.15, 0.2) is 12.4 Å². The van der Waals surface area contributed by atoms with Crippen LogP contribution in [0.5, 0.6) is 0 Å². The zero-order valence-corrected chi connectivity index (χ0v) is 10.5. The van der Waals surface area contributed by atoms with Crippen molar-refractivity contribution in [3.8, 4) is 0 Å². The summed E-state index contributed by atoms with van der Waals surface area (Å²) in [6, 6.07) is -0.607. The molecule has 1 atom stereocenters. The van der Waals surface area contributed by atoms with Crippen molar-refractivity contribution in [3.05, 3.63) is 18.0 Å². The van der Waals surface area contributed by atoms with E-state index in [0.717, 1.165) is 5.56 Å². The van der Waals surface area contributed by atoms with Crippen LogP contribution in [0.2, 0.25) is 0 Å². The summed E-state index contributed by atoms with van der Waals surface area (Å²) >= 11 is 0. The first kappa shape index (κ1) is 14.0. The molecule has 0 fully saturated rings. The Hall–Kier alpha value is -2.05. The number of aromatic amines is 1. The molecule has 100 valence electrons. The third-order valence-electron chi connectivity index (χ3n) is 2.60. The standard InChI is InChI=1S/C11H18N4O3/c1-3-15(8(2)4-10(16)17)11(18)12-5-9-6-13-14-7-9/h6-8H,3-5H2,1-2H3,(H,12,18)(H,13,14)(H,16,17). The van der Waals surface area contributed by atoms with Gasteiger partial charge in [-0.25, -0.2) is 4.79 Å². The Labute approximate surface area is 105 Å². The Morgan fingerprint density at radius 1 is 1.61 bits per heavy atom. The minimum Gasteiger partial charge on any atom is -0.481 e. The average Bonchev–Trinajstić information content (AvgIpc) is 2.79. The fourth-order valence-corrected chi connectivity index (χ4v) is 1.67. The van der Waals surface area contributed by atoms with Gasteiger partial charge < -0.3 is 15.3 Å². The highest BCUT2D eigenvalue weighted by Gasteiger charge is 2.20.